The Balaban J connectivity index is 2.64. The van der Waals surface area contributed by atoms with Crippen molar-refractivity contribution in [2.24, 2.45) is 5.92 Å². The molecule has 1 rings (SSSR count). The van der Waals surface area contributed by atoms with Crippen molar-refractivity contribution in [1.29, 1.82) is 0 Å². The molecule has 16 heavy (non-hydrogen) atoms. The van der Waals surface area contributed by atoms with E-state index in [1.807, 2.05) is 0 Å². The van der Waals surface area contributed by atoms with Crippen molar-refractivity contribution in [2.45, 2.75) is 11.9 Å². The van der Waals surface area contributed by atoms with E-state index in [0.29, 0.717) is 10.8 Å². The maximum atomic E-state index is 10.6. The third-order valence-electron chi connectivity index (χ3n) is 1.83. The van der Waals surface area contributed by atoms with E-state index in [4.69, 9.17) is 5.11 Å². The van der Waals surface area contributed by atoms with Crippen LogP contribution in [0.3, 0.4) is 0 Å². The van der Waals surface area contributed by atoms with E-state index in [1.54, 1.807) is 6.92 Å². The molecule has 1 N–H and O–H groups in total. The van der Waals surface area contributed by atoms with Gasteiger partial charge in [-0.3, -0.25) is 14.9 Å². The van der Waals surface area contributed by atoms with Gasteiger partial charge in [0, 0.05) is 24.1 Å². The molecule has 0 fully saturated rings. The summed E-state index contributed by atoms with van der Waals surface area (Å²) in [6, 6.07) is 2.63. The molecule has 0 saturated heterocycles. The average Bonchev–Trinajstić information content (AvgIpc) is 2.26. The monoisotopic (exact) mass is 242 g/mol. The Bertz CT molecular complexity index is 410. The summed E-state index contributed by atoms with van der Waals surface area (Å²) in [6.45, 7) is 1.58. The zero-order chi connectivity index (χ0) is 12.1. The molecular formula is C9H10N2O4S. The summed E-state index contributed by atoms with van der Waals surface area (Å²) in [7, 11) is 0. The van der Waals surface area contributed by atoms with Crippen LogP contribution in [0.4, 0.5) is 5.69 Å². The molecule has 7 heteroatoms. The fourth-order valence-corrected chi connectivity index (χ4v) is 1.78. The third kappa shape index (κ3) is 3.50. The molecule has 0 bridgehead atoms. The van der Waals surface area contributed by atoms with E-state index >= 15 is 0 Å². The molecule has 0 spiro atoms. The zero-order valence-corrected chi connectivity index (χ0v) is 9.31. The predicted molar refractivity (Wildman–Crippen MR) is 58.4 cm³/mol. The summed E-state index contributed by atoms with van der Waals surface area (Å²) < 4.78 is 0. The number of pyridine rings is 1. The fraction of sp³-hybridized carbons (Fsp3) is 0.333. The Morgan fingerprint density at radius 2 is 2.44 bits per heavy atom. The molecule has 1 unspecified atom stereocenters. The molecule has 0 amide bonds. The first-order chi connectivity index (χ1) is 7.50. The van der Waals surface area contributed by atoms with E-state index in [2.05, 4.69) is 4.98 Å². The number of carboxylic acids is 1. The van der Waals surface area contributed by atoms with Crippen LogP contribution in [0, 0.1) is 16.0 Å². The van der Waals surface area contributed by atoms with Crippen molar-refractivity contribution < 1.29 is 14.8 Å². The lowest BCUT2D eigenvalue weighted by molar-refractivity contribution is -0.385. The normalized spacial score (nSPS) is 12.1. The van der Waals surface area contributed by atoms with E-state index in [0.717, 1.165) is 0 Å². The minimum atomic E-state index is -0.891. The van der Waals surface area contributed by atoms with Gasteiger partial charge < -0.3 is 5.11 Å². The zero-order valence-electron chi connectivity index (χ0n) is 8.49. The second-order valence-corrected chi connectivity index (χ2v) is 4.20. The summed E-state index contributed by atoms with van der Waals surface area (Å²) in [6.07, 6.45) is 1.34. The minimum Gasteiger partial charge on any atom is -0.481 e. The molecule has 0 aliphatic heterocycles. The second-order valence-electron chi connectivity index (χ2n) is 3.16. The first-order valence-corrected chi connectivity index (χ1v) is 5.45. The number of carboxylic acid groups (broad SMARTS) is 1. The number of aliphatic carboxylic acids is 1. The van der Waals surface area contributed by atoms with E-state index in [1.165, 1.54) is 30.1 Å². The quantitative estimate of drug-likeness (QED) is 0.480. The van der Waals surface area contributed by atoms with Crippen LogP contribution in [0.2, 0.25) is 0 Å². The highest BCUT2D eigenvalue weighted by Gasteiger charge is 2.13. The van der Waals surface area contributed by atoms with Gasteiger partial charge in [-0.1, -0.05) is 6.92 Å². The van der Waals surface area contributed by atoms with Crippen molar-refractivity contribution in [3.8, 4) is 0 Å². The van der Waals surface area contributed by atoms with Crippen LogP contribution >= 0.6 is 11.8 Å². The van der Waals surface area contributed by atoms with Crippen LogP contribution in [0.5, 0.6) is 0 Å². The summed E-state index contributed by atoms with van der Waals surface area (Å²) in [5.74, 6) is -1.06. The first kappa shape index (κ1) is 12.4. The smallest absolute Gasteiger partial charge is 0.307 e. The molecule has 1 atom stereocenters. The van der Waals surface area contributed by atoms with E-state index in [9.17, 15) is 14.9 Å². The van der Waals surface area contributed by atoms with Crippen LogP contribution < -0.4 is 0 Å². The molecule has 0 aliphatic rings. The number of nitro groups is 1. The Kier molecular flexibility index (Phi) is 4.24. The number of thioether (sulfide) groups is 1. The van der Waals surface area contributed by atoms with Crippen molar-refractivity contribution >= 4 is 23.4 Å². The number of hydrogen-bond acceptors (Lipinski definition) is 5. The van der Waals surface area contributed by atoms with Gasteiger partial charge in [0.15, 0.2) is 0 Å². The van der Waals surface area contributed by atoms with Gasteiger partial charge in [0.05, 0.1) is 10.8 Å². The molecule has 1 aromatic rings. The Morgan fingerprint density at radius 3 is 3.00 bits per heavy atom. The van der Waals surface area contributed by atoms with Gasteiger partial charge in [-0.15, -0.1) is 11.8 Å². The van der Waals surface area contributed by atoms with Gasteiger partial charge in [0.25, 0.3) is 5.69 Å². The standard InChI is InChI=1S/C9H10N2O4S/c1-6(9(12)13)5-16-8-4-7(11(14)15)2-3-10-8/h2-4,6H,5H2,1H3,(H,12,13). The van der Waals surface area contributed by atoms with Crippen molar-refractivity contribution in [3.05, 3.63) is 28.4 Å². The number of aromatic nitrogens is 1. The molecule has 0 radical (unpaired) electrons. The molecule has 86 valence electrons. The topological polar surface area (TPSA) is 93.3 Å². The number of nitrogens with zero attached hydrogens (tertiary/aromatic N) is 2. The number of rotatable bonds is 5. The van der Waals surface area contributed by atoms with Gasteiger partial charge in [-0.25, -0.2) is 4.98 Å². The van der Waals surface area contributed by atoms with Crippen molar-refractivity contribution in [1.82, 2.24) is 4.98 Å². The second kappa shape index (κ2) is 5.45. The van der Waals surface area contributed by atoms with Gasteiger partial charge in [0.1, 0.15) is 5.03 Å². The van der Waals surface area contributed by atoms with Gasteiger partial charge >= 0.3 is 5.97 Å². The van der Waals surface area contributed by atoms with Crippen molar-refractivity contribution in [2.75, 3.05) is 5.75 Å². The van der Waals surface area contributed by atoms with Gasteiger partial charge in [-0.2, -0.15) is 0 Å². The Labute approximate surface area is 95.8 Å². The van der Waals surface area contributed by atoms with Crippen LogP contribution in [0.15, 0.2) is 23.4 Å². The highest BCUT2D eigenvalue weighted by molar-refractivity contribution is 7.99. The Hall–Kier alpha value is -1.63. The summed E-state index contributed by atoms with van der Waals surface area (Å²) in [4.78, 5) is 24.4. The molecular weight excluding hydrogens is 232 g/mol. The van der Waals surface area contributed by atoms with Crippen molar-refractivity contribution in [3.63, 3.8) is 0 Å². The maximum Gasteiger partial charge on any atom is 0.307 e. The molecule has 6 nitrogen and oxygen atoms in total. The van der Waals surface area contributed by atoms with Crippen LogP contribution in [0.1, 0.15) is 6.92 Å². The SMILES string of the molecule is CC(CSc1cc([N+](=O)[O-])ccn1)C(=O)O. The van der Waals surface area contributed by atoms with E-state index < -0.39 is 16.8 Å². The highest BCUT2D eigenvalue weighted by Crippen LogP contribution is 2.22. The maximum absolute atomic E-state index is 10.6. The molecule has 0 aromatic carbocycles. The predicted octanol–water partition coefficient (Wildman–Crippen LogP) is 1.80. The van der Waals surface area contributed by atoms with Gasteiger partial charge in [-0.05, 0) is 0 Å². The molecule has 1 aromatic heterocycles. The minimum absolute atomic E-state index is 0.0412. The highest BCUT2D eigenvalue weighted by atomic mass is 32.2. The van der Waals surface area contributed by atoms with Crippen LogP contribution in [0.25, 0.3) is 0 Å². The van der Waals surface area contributed by atoms with E-state index in [-0.39, 0.29) is 5.69 Å². The molecule has 0 aliphatic carbocycles. The summed E-state index contributed by atoms with van der Waals surface area (Å²) >= 11 is 1.19. The lowest BCUT2D eigenvalue weighted by Gasteiger charge is -2.04. The van der Waals surface area contributed by atoms with Gasteiger partial charge in [0.2, 0.25) is 0 Å². The van der Waals surface area contributed by atoms with Crippen LogP contribution in [-0.2, 0) is 4.79 Å². The molecule has 1 heterocycles. The summed E-state index contributed by atoms with van der Waals surface area (Å²) in [5.41, 5.74) is -0.0412. The fourth-order valence-electron chi connectivity index (χ4n) is 0.873. The first-order valence-electron chi connectivity index (χ1n) is 4.46. The molecule has 0 saturated carbocycles. The average molecular weight is 242 g/mol. The Morgan fingerprint density at radius 1 is 1.75 bits per heavy atom. The number of hydrogen-bond donors (Lipinski definition) is 1. The number of carbonyl (C=O) groups is 1. The third-order valence-corrected chi connectivity index (χ3v) is 3.02. The summed E-state index contributed by atoms with van der Waals surface area (Å²) in [5, 5.41) is 19.6. The largest absolute Gasteiger partial charge is 0.481 e. The lowest BCUT2D eigenvalue weighted by Crippen LogP contribution is -2.11. The lowest BCUT2D eigenvalue weighted by atomic mass is 10.2. The van der Waals surface area contributed by atoms with Crippen LogP contribution in [-0.4, -0.2) is 26.7 Å².